The highest BCUT2D eigenvalue weighted by Gasteiger charge is 2.44. The molecule has 1 fully saturated rings. The highest BCUT2D eigenvalue weighted by molar-refractivity contribution is 5.47. The van der Waals surface area contributed by atoms with E-state index in [-0.39, 0.29) is 5.60 Å². The molecule has 1 aromatic rings. The molecule has 112 valence electrons. The van der Waals surface area contributed by atoms with E-state index in [1.165, 1.54) is 0 Å². The molecule has 20 heavy (non-hydrogen) atoms. The van der Waals surface area contributed by atoms with E-state index in [0.29, 0.717) is 19.4 Å². The van der Waals surface area contributed by atoms with Gasteiger partial charge in [0.25, 0.3) is 0 Å². The monoisotopic (exact) mass is 278 g/mol. The topological polar surface area (TPSA) is 38.7 Å². The number of aryl methyl sites for hydroxylation is 2. The molecule has 1 heterocycles. The molecule has 2 atom stereocenters. The van der Waals surface area contributed by atoms with Crippen molar-refractivity contribution in [2.24, 2.45) is 0 Å². The highest BCUT2D eigenvalue weighted by atomic mass is 16.5. The van der Waals surface area contributed by atoms with Crippen molar-refractivity contribution in [2.75, 3.05) is 13.7 Å². The van der Waals surface area contributed by atoms with Gasteiger partial charge in [-0.05, 0) is 44.4 Å². The molecule has 0 radical (unpaired) electrons. The second-order valence-electron chi connectivity index (χ2n) is 6.27. The Balaban J connectivity index is 2.49. The third-order valence-corrected chi connectivity index (χ3v) is 4.51. The van der Waals surface area contributed by atoms with Crippen LogP contribution in [-0.4, -0.2) is 24.4 Å². The van der Waals surface area contributed by atoms with E-state index < -0.39 is 5.60 Å². The van der Waals surface area contributed by atoms with E-state index >= 15 is 0 Å². The Morgan fingerprint density at radius 1 is 1.35 bits per heavy atom. The van der Waals surface area contributed by atoms with Gasteiger partial charge in [-0.2, -0.15) is 0 Å². The molecule has 1 N–H and O–H groups in total. The van der Waals surface area contributed by atoms with Crippen LogP contribution in [0, 0.1) is 13.8 Å². The van der Waals surface area contributed by atoms with E-state index in [1.807, 2.05) is 19.9 Å². The minimum atomic E-state index is -0.869. The average Bonchev–Trinajstić information content (AvgIpc) is 2.37. The van der Waals surface area contributed by atoms with Crippen molar-refractivity contribution in [2.45, 2.75) is 58.2 Å². The van der Waals surface area contributed by atoms with Crippen molar-refractivity contribution in [3.05, 3.63) is 28.8 Å². The number of rotatable bonds is 3. The molecule has 0 spiro atoms. The fourth-order valence-corrected chi connectivity index (χ4v) is 3.35. The number of aliphatic hydroxyl groups is 1. The zero-order valence-corrected chi connectivity index (χ0v) is 13.2. The van der Waals surface area contributed by atoms with Gasteiger partial charge in [0.1, 0.15) is 5.75 Å². The quantitative estimate of drug-likeness (QED) is 0.920. The zero-order valence-electron chi connectivity index (χ0n) is 13.2. The third-order valence-electron chi connectivity index (χ3n) is 4.51. The molecule has 1 aromatic carbocycles. The van der Waals surface area contributed by atoms with Gasteiger partial charge in [0.15, 0.2) is 0 Å². The van der Waals surface area contributed by atoms with Crippen molar-refractivity contribution >= 4 is 0 Å². The van der Waals surface area contributed by atoms with Crippen LogP contribution in [0.1, 0.15) is 49.8 Å². The summed E-state index contributed by atoms with van der Waals surface area (Å²) in [4.78, 5) is 0. The summed E-state index contributed by atoms with van der Waals surface area (Å²) in [6.07, 6.45) is 2.11. The van der Waals surface area contributed by atoms with Crippen LogP contribution in [0.2, 0.25) is 0 Å². The molecule has 1 aliphatic rings. The minimum Gasteiger partial charge on any atom is -0.496 e. The first-order chi connectivity index (χ1) is 9.33. The van der Waals surface area contributed by atoms with E-state index in [9.17, 15) is 5.11 Å². The normalized spacial score (nSPS) is 30.3. The van der Waals surface area contributed by atoms with E-state index in [4.69, 9.17) is 9.47 Å². The maximum Gasteiger partial charge on any atom is 0.125 e. The van der Waals surface area contributed by atoms with Crippen LogP contribution in [0.25, 0.3) is 0 Å². The number of hydrogen-bond acceptors (Lipinski definition) is 3. The molecular formula is C17H26O3. The molecular weight excluding hydrogens is 252 g/mol. The van der Waals surface area contributed by atoms with Crippen molar-refractivity contribution in [3.8, 4) is 5.75 Å². The fourth-order valence-electron chi connectivity index (χ4n) is 3.35. The summed E-state index contributed by atoms with van der Waals surface area (Å²) in [5, 5.41) is 11.2. The first kappa shape index (κ1) is 15.3. The lowest BCUT2D eigenvalue weighted by molar-refractivity contribution is -0.158. The van der Waals surface area contributed by atoms with E-state index in [0.717, 1.165) is 28.9 Å². The summed E-state index contributed by atoms with van der Waals surface area (Å²) in [5.74, 6) is 0.783. The maximum absolute atomic E-state index is 11.2. The van der Waals surface area contributed by atoms with Gasteiger partial charge in [0, 0.05) is 18.4 Å². The lowest BCUT2D eigenvalue weighted by atomic mass is 9.75. The van der Waals surface area contributed by atoms with Gasteiger partial charge in [0.2, 0.25) is 0 Å². The Morgan fingerprint density at radius 2 is 2.05 bits per heavy atom. The summed E-state index contributed by atoms with van der Waals surface area (Å²) in [6, 6.07) is 4.10. The van der Waals surface area contributed by atoms with Crippen molar-refractivity contribution in [1.82, 2.24) is 0 Å². The van der Waals surface area contributed by atoms with Gasteiger partial charge in [-0.15, -0.1) is 0 Å². The molecule has 2 unspecified atom stereocenters. The van der Waals surface area contributed by atoms with Crippen LogP contribution >= 0.6 is 0 Å². The van der Waals surface area contributed by atoms with Crippen LogP contribution in [0.4, 0.5) is 0 Å². The summed E-state index contributed by atoms with van der Waals surface area (Å²) < 4.78 is 11.4. The molecule has 0 saturated carbocycles. The second kappa shape index (κ2) is 5.38. The maximum atomic E-state index is 11.2. The number of benzene rings is 1. The predicted molar refractivity (Wildman–Crippen MR) is 80.2 cm³/mol. The van der Waals surface area contributed by atoms with Crippen LogP contribution in [0.15, 0.2) is 12.1 Å². The van der Waals surface area contributed by atoms with Gasteiger partial charge in [-0.3, -0.25) is 0 Å². The van der Waals surface area contributed by atoms with Crippen molar-refractivity contribution < 1.29 is 14.6 Å². The number of hydrogen-bond donors (Lipinski definition) is 1. The zero-order chi connectivity index (χ0) is 15.0. The molecule has 1 saturated heterocycles. The molecule has 0 bridgehead atoms. The van der Waals surface area contributed by atoms with Gasteiger partial charge < -0.3 is 14.6 Å². The largest absolute Gasteiger partial charge is 0.496 e. The third kappa shape index (κ3) is 2.70. The van der Waals surface area contributed by atoms with Gasteiger partial charge in [-0.1, -0.05) is 13.0 Å². The summed E-state index contributed by atoms with van der Waals surface area (Å²) in [7, 11) is 1.67. The van der Waals surface area contributed by atoms with Crippen LogP contribution in [0.3, 0.4) is 0 Å². The Labute approximate surface area is 121 Å². The van der Waals surface area contributed by atoms with Crippen molar-refractivity contribution in [1.29, 1.82) is 0 Å². The Hall–Kier alpha value is -1.06. The lowest BCUT2D eigenvalue weighted by Gasteiger charge is -2.44. The Kier molecular flexibility index (Phi) is 4.12. The van der Waals surface area contributed by atoms with Gasteiger partial charge in [-0.25, -0.2) is 0 Å². The number of ether oxygens (including phenoxy) is 2. The lowest BCUT2D eigenvalue weighted by Crippen LogP contribution is -2.45. The predicted octanol–water partition coefficient (Wildman–Crippen LogP) is 3.48. The van der Waals surface area contributed by atoms with E-state index in [2.05, 4.69) is 19.9 Å². The summed E-state index contributed by atoms with van der Waals surface area (Å²) >= 11 is 0. The smallest absolute Gasteiger partial charge is 0.125 e. The van der Waals surface area contributed by atoms with Crippen LogP contribution in [-0.2, 0) is 10.3 Å². The molecule has 0 aromatic heterocycles. The summed E-state index contributed by atoms with van der Waals surface area (Å²) in [6.45, 7) is 8.85. The molecule has 0 aliphatic carbocycles. The first-order valence-electron chi connectivity index (χ1n) is 7.35. The van der Waals surface area contributed by atoms with Gasteiger partial charge >= 0.3 is 0 Å². The first-order valence-corrected chi connectivity index (χ1v) is 7.35. The molecule has 3 nitrogen and oxygen atoms in total. The van der Waals surface area contributed by atoms with E-state index in [1.54, 1.807) is 7.11 Å². The Bertz CT molecular complexity index is 497. The number of methoxy groups -OCH3 is 1. The average molecular weight is 278 g/mol. The SMILES string of the molecule is CCC1(C)CC(O)(c2c(C)cc(C)cc2OC)CCO1. The second-order valence-corrected chi connectivity index (χ2v) is 6.27. The van der Waals surface area contributed by atoms with Crippen molar-refractivity contribution in [3.63, 3.8) is 0 Å². The standard InChI is InChI=1S/C17H26O3/c1-6-16(4)11-17(18,7-8-20-16)15-13(3)9-12(2)10-14(15)19-5/h9-10,18H,6-8,11H2,1-5H3. The van der Waals surface area contributed by atoms with Crippen LogP contribution in [0.5, 0.6) is 5.75 Å². The highest BCUT2D eigenvalue weighted by Crippen LogP contribution is 2.45. The fraction of sp³-hybridized carbons (Fsp3) is 0.647. The molecule has 2 rings (SSSR count). The van der Waals surface area contributed by atoms with Gasteiger partial charge in [0.05, 0.1) is 24.9 Å². The minimum absolute atomic E-state index is 0.269. The molecule has 0 amide bonds. The molecule has 1 aliphatic heterocycles. The molecule has 3 heteroatoms. The summed E-state index contributed by atoms with van der Waals surface area (Å²) in [5.41, 5.74) is 2.02. The Morgan fingerprint density at radius 3 is 2.65 bits per heavy atom. The van der Waals surface area contributed by atoms with Crippen LogP contribution < -0.4 is 4.74 Å².